The van der Waals surface area contributed by atoms with Crippen LogP contribution >= 0.6 is 0 Å². The molecule has 2 atom stereocenters. The summed E-state index contributed by atoms with van der Waals surface area (Å²) in [5, 5.41) is 3.66. The van der Waals surface area contributed by atoms with E-state index in [1.807, 2.05) is 0 Å². The Hall–Kier alpha value is -0.570. The molecule has 3 heteroatoms. The number of nitrogens with zero attached hydrogens (tertiary/aromatic N) is 1. The molecular weight excluding hydrogens is 236 g/mol. The van der Waals surface area contributed by atoms with Gasteiger partial charge in [-0.05, 0) is 38.0 Å². The van der Waals surface area contributed by atoms with Gasteiger partial charge in [-0.1, -0.05) is 33.6 Å². The van der Waals surface area contributed by atoms with E-state index in [4.69, 9.17) is 0 Å². The zero-order valence-corrected chi connectivity index (χ0v) is 13.0. The first kappa shape index (κ1) is 14.8. The third-order valence-corrected chi connectivity index (χ3v) is 4.71. The van der Waals surface area contributed by atoms with Crippen molar-refractivity contribution in [3.8, 4) is 0 Å². The van der Waals surface area contributed by atoms with E-state index in [0.29, 0.717) is 18.0 Å². The SMILES string of the molecule is CC1CCCN1C(=O)C(NC1CCCC1)C(C)(C)C. The Labute approximate surface area is 118 Å². The average Bonchev–Trinajstić information content (AvgIpc) is 2.94. The zero-order valence-electron chi connectivity index (χ0n) is 13.0. The van der Waals surface area contributed by atoms with Crippen LogP contribution in [0.5, 0.6) is 0 Å². The number of carbonyl (C=O) groups is 1. The molecule has 1 aliphatic heterocycles. The second-order valence-electron chi connectivity index (χ2n) is 7.47. The van der Waals surface area contributed by atoms with Crippen LogP contribution in [0.3, 0.4) is 0 Å². The van der Waals surface area contributed by atoms with Crippen molar-refractivity contribution in [3.63, 3.8) is 0 Å². The zero-order chi connectivity index (χ0) is 14.0. The van der Waals surface area contributed by atoms with Crippen molar-refractivity contribution in [2.24, 2.45) is 5.41 Å². The average molecular weight is 266 g/mol. The number of amides is 1. The third-order valence-electron chi connectivity index (χ3n) is 4.71. The smallest absolute Gasteiger partial charge is 0.240 e. The maximum absolute atomic E-state index is 12.9. The van der Waals surface area contributed by atoms with Gasteiger partial charge in [0.25, 0.3) is 0 Å². The Morgan fingerprint density at radius 3 is 2.26 bits per heavy atom. The van der Waals surface area contributed by atoms with Gasteiger partial charge in [0.15, 0.2) is 0 Å². The molecule has 2 unspecified atom stereocenters. The number of nitrogens with one attached hydrogen (secondary N) is 1. The summed E-state index contributed by atoms with van der Waals surface area (Å²) in [4.78, 5) is 14.9. The summed E-state index contributed by atoms with van der Waals surface area (Å²) < 4.78 is 0. The number of hydrogen-bond donors (Lipinski definition) is 1. The number of rotatable bonds is 3. The molecule has 1 aliphatic carbocycles. The first-order valence-corrected chi connectivity index (χ1v) is 7.96. The molecule has 1 saturated carbocycles. The van der Waals surface area contributed by atoms with E-state index in [-0.39, 0.29) is 11.5 Å². The fraction of sp³-hybridized carbons (Fsp3) is 0.938. The molecule has 0 spiro atoms. The van der Waals surface area contributed by atoms with Gasteiger partial charge in [0.05, 0.1) is 6.04 Å². The Morgan fingerprint density at radius 1 is 1.16 bits per heavy atom. The molecule has 3 nitrogen and oxygen atoms in total. The van der Waals surface area contributed by atoms with Gasteiger partial charge in [0.1, 0.15) is 0 Å². The van der Waals surface area contributed by atoms with Crippen LogP contribution in [0.4, 0.5) is 0 Å². The molecule has 0 bridgehead atoms. The summed E-state index contributed by atoms with van der Waals surface area (Å²) in [6.45, 7) is 9.66. The largest absolute Gasteiger partial charge is 0.339 e. The first-order chi connectivity index (χ1) is 8.89. The summed E-state index contributed by atoms with van der Waals surface area (Å²) in [5.41, 5.74) is -0.0119. The lowest BCUT2D eigenvalue weighted by Crippen LogP contribution is -2.56. The molecule has 0 aromatic heterocycles. The number of hydrogen-bond acceptors (Lipinski definition) is 2. The molecule has 1 N–H and O–H groups in total. The van der Waals surface area contributed by atoms with Crippen molar-refractivity contribution < 1.29 is 4.79 Å². The highest BCUT2D eigenvalue weighted by Crippen LogP contribution is 2.28. The van der Waals surface area contributed by atoms with Gasteiger partial charge in [0, 0.05) is 18.6 Å². The Morgan fingerprint density at radius 2 is 1.79 bits per heavy atom. The minimum atomic E-state index is -0.0313. The maximum Gasteiger partial charge on any atom is 0.240 e. The molecule has 1 amide bonds. The number of carbonyl (C=O) groups excluding carboxylic acids is 1. The Bertz CT molecular complexity index is 315. The van der Waals surface area contributed by atoms with E-state index >= 15 is 0 Å². The summed E-state index contributed by atoms with van der Waals surface area (Å²) in [6, 6.07) is 0.935. The van der Waals surface area contributed by atoms with Crippen LogP contribution < -0.4 is 5.32 Å². The van der Waals surface area contributed by atoms with Crippen molar-refractivity contribution in [3.05, 3.63) is 0 Å². The highest BCUT2D eigenvalue weighted by molar-refractivity contribution is 5.83. The second kappa shape index (κ2) is 5.82. The van der Waals surface area contributed by atoms with E-state index < -0.39 is 0 Å². The van der Waals surface area contributed by atoms with Crippen LogP contribution in [0.25, 0.3) is 0 Å². The normalized spacial score (nSPS) is 26.9. The molecule has 0 aromatic carbocycles. The second-order valence-corrected chi connectivity index (χ2v) is 7.47. The van der Waals surface area contributed by atoms with Crippen molar-refractivity contribution in [1.82, 2.24) is 10.2 Å². The fourth-order valence-corrected chi connectivity index (χ4v) is 3.45. The van der Waals surface area contributed by atoms with Crippen LogP contribution in [0.2, 0.25) is 0 Å². The van der Waals surface area contributed by atoms with Crippen LogP contribution in [0, 0.1) is 5.41 Å². The van der Waals surface area contributed by atoms with E-state index in [1.54, 1.807) is 0 Å². The lowest BCUT2D eigenvalue weighted by molar-refractivity contribution is -0.137. The Kier molecular flexibility index (Phi) is 4.54. The van der Waals surface area contributed by atoms with Gasteiger partial charge in [0.2, 0.25) is 5.91 Å². The third kappa shape index (κ3) is 3.50. The van der Waals surface area contributed by atoms with Gasteiger partial charge in [-0.3, -0.25) is 4.79 Å². The minimum Gasteiger partial charge on any atom is -0.339 e. The van der Waals surface area contributed by atoms with Gasteiger partial charge >= 0.3 is 0 Å². The van der Waals surface area contributed by atoms with Crippen LogP contribution in [-0.4, -0.2) is 35.5 Å². The van der Waals surface area contributed by atoms with Crippen molar-refractivity contribution in [1.29, 1.82) is 0 Å². The lowest BCUT2D eigenvalue weighted by atomic mass is 9.85. The van der Waals surface area contributed by atoms with Crippen LogP contribution in [0.1, 0.15) is 66.2 Å². The van der Waals surface area contributed by atoms with Gasteiger partial charge in [-0.25, -0.2) is 0 Å². The molecule has 2 fully saturated rings. The van der Waals surface area contributed by atoms with E-state index in [9.17, 15) is 4.79 Å². The van der Waals surface area contributed by atoms with E-state index in [1.165, 1.54) is 25.7 Å². The molecule has 0 aromatic rings. The van der Waals surface area contributed by atoms with E-state index in [2.05, 4.69) is 37.9 Å². The summed E-state index contributed by atoms with van der Waals surface area (Å²) >= 11 is 0. The molecule has 1 saturated heterocycles. The van der Waals surface area contributed by atoms with E-state index in [0.717, 1.165) is 19.4 Å². The van der Waals surface area contributed by atoms with Gasteiger partial charge in [-0.2, -0.15) is 0 Å². The highest BCUT2D eigenvalue weighted by Gasteiger charge is 2.38. The predicted octanol–water partition coefficient (Wildman–Crippen LogP) is 2.94. The molecule has 0 radical (unpaired) electrons. The van der Waals surface area contributed by atoms with Crippen LogP contribution in [-0.2, 0) is 4.79 Å². The Balaban J connectivity index is 2.06. The monoisotopic (exact) mass is 266 g/mol. The fourth-order valence-electron chi connectivity index (χ4n) is 3.45. The molecule has 110 valence electrons. The molecule has 2 rings (SSSR count). The summed E-state index contributed by atoms with van der Waals surface area (Å²) in [5.74, 6) is 0.324. The van der Waals surface area contributed by atoms with Gasteiger partial charge < -0.3 is 10.2 Å². The van der Waals surface area contributed by atoms with Crippen molar-refractivity contribution in [2.45, 2.75) is 84.3 Å². The first-order valence-electron chi connectivity index (χ1n) is 7.96. The quantitative estimate of drug-likeness (QED) is 0.852. The topological polar surface area (TPSA) is 32.3 Å². The maximum atomic E-state index is 12.9. The molecule has 1 heterocycles. The molecule has 19 heavy (non-hydrogen) atoms. The molecule has 2 aliphatic rings. The minimum absolute atomic E-state index is 0.0119. The molecular formula is C16H30N2O. The van der Waals surface area contributed by atoms with Crippen molar-refractivity contribution >= 4 is 5.91 Å². The summed E-state index contributed by atoms with van der Waals surface area (Å²) in [7, 11) is 0. The highest BCUT2D eigenvalue weighted by atomic mass is 16.2. The van der Waals surface area contributed by atoms with Gasteiger partial charge in [-0.15, -0.1) is 0 Å². The standard InChI is InChI=1S/C16H30N2O/c1-12-8-7-11-18(12)15(19)14(16(2,3)4)17-13-9-5-6-10-13/h12-14,17H,5-11H2,1-4H3. The number of likely N-dealkylation sites (tertiary alicyclic amines) is 1. The summed E-state index contributed by atoms with van der Waals surface area (Å²) in [6.07, 6.45) is 7.40. The predicted molar refractivity (Wildman–Crippen MR) is 79.0 cm³/mol. The van der Waals surface area contributed by atoms with Crippen molar-refractivity contribution in [2.75, 3.05) is 6.54 Å². The lowest BCUT2D eigenvalue weighted by Gasteiger charge is -2.37. The van der Waals surface area contributed by atoms with Crippen LogP contribution in [0.15, 0.2) is 0 Å².